The van der Waals surface area contributed by atoms with E-state index < -0.39 is 10.0 Å². The molecule has 5 nitrogen and oxygen atoms in total. The number of nitrogens with zero attached hydrogens (tertiary/aromatic N) is 1. The summed E-state index contributed by atoms with van der Waals surface area (Å²) in [6, 6.07) is 2.13. The van der Waals surface area contributed by atoms with Crippen molar-refractivity contribution in [3.05, 3.63) is 17.6 Å². The Balaban J connectivity index is 2.16. The molecule has 1 heterocycles. The minimum atomic E-state index is -3.56. The van der Waals surface area contributed by atoms with Crippen molar-refractivity contribution in [1.82, 2.24) is 9.62 Å². The molecular formula is C13H18N2O3S. The minimum absolute atomic E-state index is 0.0443. The largest absolute Gasteiger partial charge is 0.464 e. The number of terminal acetylenes is 1. The molecule has 1 aromatic rings. The van der Waals surface area contributed by atoms with Crippen molar-refractivity contribution in [2.75, 3.05) is 13.6 Å². The van der Waals surface area contributed by atoms with Crippen LogP contribution in [0.15, 0.2) is 15.4 Å². The summed E-state index contributed by atoms with van der Waals surface area (Å²) in [5.74, 6) is 3.36. The molecule has 0 aromatic carbocycles. The average molecular weight is 282 g/mol. The third-order valence-corrected chi connectivity index (χ3v) is 4.98. The molecular weight excluding hydrogens is 264 g/mol. The molecule has 6 heteroatoms. The molecule has 104 valence electrons. The maximum Gasteiger partial charge on any atom is 0.247 e. The van der Waals surface area contributed by atoms with Gasteiger partial charge in [0.15, 0.2) is 0 Å². The van der Waals surface area contributed by atoms with Crippen molar-refractivity contribution in [2.45, 2.75) is 37.2 Å². The Hall–Kier alpha value is -1.29. The predicted octanol–water partition coefficient (Wildman–Crippen LogP) is 1.09. The Morgan fingerprint density at radius 2 is 2.26 bits per heavy atom. The molecule has 1 aromatic heterocycles. The fourth-order valence-electron chi connectivity index (χ4n) is 1.78. The van der Waals surface area contributed by atoms with E-state index >= 15 is 0 Å². The Labute approximate surface area is 114 Å². The lowest BCUT2D eigenvalue weighted by molar-refractivity contribution is 0.453. The molecule has 0 saturated heterocycles. The number of hydrogen-bond donors (Lipinski definition) is 1. The monoisotopic (exact) mass is 282 g/mol. The van der Waals surface area contributed by atoms with Gasteiger partial charge in [-0.2, -0.15) is 4.31 Å². The Morgan fingerprint density at radius 1 is 1.58 bits per heavy atom. The van der Waals surface area contributed by atoms with E-state index in [1.807, 2.05) is 0 Å². The lowest BCUT2D eigenvalue weighted by atomic mass is 10.4. The molecule has 1 aliphatic rings. The van der Waals surface area contributed by atoms with E-state index in [1.54, 1.807) is 13.0 Å². The maximum absolute atomic E-state index is 12.3. The topological polar surface area (TPSA) is 62.6 Å². The second kappa shape index (κ2) is 5.37. The van der Waals surface area contributed by atoms with Crippen molar-refractivity contribution in [3.8, 4) is 12.3 Å². The highest BCUT2D eigenvalue weighted by Crippen LogP contribution is 2.24. The molecule has 2 rings (SSSR count). The maximum atomic E-state index is 12.3. The SMILES string of the molecule is C#CCN(C)S(=O)(=O)c1cc(CNC2CC2)oc1C. The van der Waals surface area contributed by atoms with Gasteiger partial charge in [-0.3, -0.25) is 0 Å². The zero-order chi connectivity index (χ0) is 14.0. The van der Waals surface area contributed by atoms with Crippen LogP contribution >= 0.6 is 0 Å². The van der Waals surface area contributed by atoms with Gasteiger partial charge in [0.1, 0.15) is 16.4 Å². The van der Waals surface area contributed by atoms with Crippen LogP contribution in [0, 0.1) is 19.3 Å². The van der Waals surface area contributed by atoms with Crippen molar-refractivity contribution < 1.29 is 12.8 Å². The van der Waals surface area contributed by atoms with Gasteiger partial charge in [-0.1, -0.05) is 5.92 Å². The lowest BCUT2D eigenvalue weighted by Gasteiger charge is -2.12. The van der Waals surface area contributed by atoms with Gasteiger partial charge in [0.05, 0.1) is 13.1 Å². The molecule has 1 aliphatic carbocycles. The van der Waals surface area contributed by atoms with E-state index in [9.17, 15) is 8.42 Å². The van der Waals surface area contributed by atoms with Crippen LogP contribution < -0.4 is 5.32 Å². The average Bonchev–Trinajstić information content (AvgIpc) is 3.10. The number of aryl methyl sites for hydroxylation is 1. The number of sulfonamides is 1. The van der Waals surface area contributed by atoms with Gasteiger partial charge < -0.3 is 9.73 Å². The molecule has 19 heavy (non-hydrogen) atoms. The van der Waals surface area contributed by atoms with Crippen molar-refractivity contribution >= 4 is 10.0 Å². The highest BCUT2D eigenvalue weighted by atomic mass is 32.2. The zero-order valence-electron chi connectivity index (χ0n) is 11.1. The van der Waals surface area contributed by atoms with Crippen LogP contribution in [0.3, 0.4) is 0 Å². The fourth-order valence-corrected chi connectivity index (χ4v) is 3.05. The number of hydrogen-bond acceptors (Lipinski definition) is 4. The first-order valence-electron chi connectivity index (χ1n) is 6.17. The summed E-state index contributed by atoms with van der Waals surface area (Å²) in [4.78, 5) is 0.192. The first kappa shape index (κ1) is 14.1. The lowest BCUT2D eigenvalue weighted by Crippen LogP contribution is -2.27. The zero-order valence-corrected chi connectivity index (χ0v) is 12.0. The summed E-state index contributed by atoms with van der Waals surface area (Å²) >= 11 is 0. The Morgan fingerprint density at radius 3 is 2.84 bits per heavy atom. The Bertz CT molecular complexity index is 594. The molecule has 0 amide bonds. The summed E-state index contributed by atoms with van der Waals surface area (Å²) in [6.07, 6.45) is 7.50. The van der Waals surface area contributed by atoms with Crippen molar-refractivity contribution in [1.29, 1.82) is 0 Å². The van der Waals surface area contributed by atoms with Gasteiger partial charge in [-0.05, 0) is 19.8 Å². The second-order valence-electron chi connectivity index (χ2n) is 4.75. The standard InChI is InChI=1S/C13H18N2O3S/c1-4-7-15(3)19(16,17)13-8-12(18-10(13)2)9-14-11-5-6-11/h1,8,11,14H,5-7,9H2,2-3H3. The molecule has 1 N–H and O–H groups in total. The first-order valence-corrected chi connectivity index (χ1v) is 7.61. The molecule has 0 radical (unpaired) electrons. The first-order chi connectivity index (χ1) is 8.95. The summed E-state index contributed by atoms with van der Waals surface area (Å²) in [5, 5.41) is 3.28. The summed E-state index contributed by atoms with van der Waals surface area (Å²) < 4.78 is 31.1. The van der Waals surface area contributed by atoms with Crippen LogP contribution in [-0.4, -0.2) is 32.4 Å². The summed E-state index contributed by atoms with van der Waals surface area (Å²) in [6.45, 7) is 2.25. The number of rotatable bonds is 6. The van der Waals surface area contributed by atoms with E-state index in [0.29, 0.717) is 24.1 Å². The predicted molar refractivity (Wildman–Crippen MR) is 72.0 cm³/mol. The number of nitrogens with one attached hydrogen (secondary N) is 1. The molecule has 0 unspecified atom stereocenters. The van der Waals surface area contributed by atoms with Gasteiger partial charge in [-0.25, -0.2) is 8.42 Å². The van der Waals surface area contributed by atoms with Crippen LogP contribution in [0.4, 0.5) is 0 Å². The summed E-state index contributed by atoms with van der Waals surface area (Å²) in [7, 11) is -2.10. The molecule has 0 atom stereocenters. The van der Waals surface area contributed by atoms with Crippen LogP contribution in [-0.2, 0) is 16.6 Å². The van der Waals surface area contributed by atoms with E-state index in [0.717, 1.165) is 4.31 Å². The van der Waals surface area contributed by atoms with Gasteiger partial charge in [-0.15, -0.1) is 6.42 Å². The molecule has 0 aliphatic heterocycles. The van der Waals surface area contributed by atoms with Crippen LogP contribution in [0.2, 0.25) is 0 Å². The smallest absolute Gasteiger partial charge is 0.247 e. The van der Waals surface area contributed by atoms with Gasteiger partial charge in [0.25, 0.3) is 0 Å². The van der Waals surface area contributed by atoms with E-state index in [-0.39, 0.29) is 11.4 Å². The molecule has 1 fully saturated rings. The minimum Gasteiger partial charge on any atom is -0.464 e. The van der Waals surface area contributed by atoms with Crippen molar-refractivity contribution in [2.24, 2.45) is 0 Å². The van der Waals surface area contributed by atoms with Gasteiger partial charge >= 0.3 is 0 Å². The third kappa shape index (κ3) is 3.18. The normalized spacial score (nSPS) is 15.7. The van der Waals surface area contributed by atoms with Gasteiger partial charge in [0.2, 0.25) is 10.0 Å². The molecule has 0 spiro atoms. The van der Waals surface area contributed by atoms with E-state index in [1.165, 1.54) is 19.9 Å². The highest BCUT2D eigenvalue weighted by Gasteiger charge is 2.26. The van der Waals surface area contributed by atoms with Crippen molar-refractivity contribution in [3.63, 3.8) is 0 Å². The number of furan rings is 1. The van der Waals surface area contributed by atoms with Crippen LogP contribution in [0.1, 0.15) is 24.4 Å². The second-order valence-corrected chi connectivity index (χ2v) is 6.77. The highest BCUT2D eigenvalue weighted by molar-refractivity contribution is 7.89. The molecule has 1 saturated carbocycles. The molecule has 0 bridgehead atoms. The fraction of sp³-hybridized carbons (Fsp3) is 0.538. The van der Waals surface area contributed by atoms with E-state index in [2.05, 4.69) is 11.2 Å². The van der Waals surface area contributed by atoms with Crippen LogP contribution in [0.25, 0.3) is 0 Å². The quantitative estimate of drug-likeness (QED) is 0.794. The summed E-state index contributed by atoms with van der Waals surface area (Å²) in [5.41, 5.74) is 0. The van der Waals surface area contributed by atoms with Crippen LogP contribution in [0.5, 0.6) is 0 Å². The third-order valence-electron chi connectivity index (χ3n) is 3.07. The van der Waals surface area contributed by atoms with Gasteiger partial charge in [0, 0.05) is 19.2 Å². The Kier molecular flexibility index (Phi) is 3.99. The van der Waals surface area contributed by atoms with E-state index in [4.69, 9.17) is 10.8 Å².